The number of aliphatic hydroxyl groups is 1. The van der Waals surface area contributed by atoms with Crippen LogP contribution in [-0.4, -0.2) is 23.5 Å². The first-order chi connectivity index (χ1) is 12.0. The molecule has 0 saturated heterocycles. The second kappa shape index (κ2) is 6.73. The van der Waals surface area contributed by atoms with Crippen molar-refractivity contribution in [2.24, 2.45) is 0 Å². The lowest BCUT2D eigenvalue weighted by Gasteiger charge is -2.20. The largest absolute Gasteiger partial charge is 0.506 e. The van der Waals surface area contributed by atoms with E-state index in [4.69, 9.17) is 4.74 Å². The number of benzene rings is 2. The fourth-order valence-corrected chi connectivity index (χ4v) is 2.68. The van der Waals surface area contributed by atoms with E-state index in [1.165, 1.54) is 30.3 Å². The van der Waals surface area contributed by atoms with Crippen LogP contribution in [-0.2, 0) is 9.53 Å². The van der Waals surface area contributed by atoms with E-state index in [0.717, 1.165) is 0 Å². The van der Waals surface area contributed by atoms with Crippen molar-refractivity contribution in [2.45, 2.75) is 6.92 Å². The Morgan fingerprint density at radius 1 is 1.12 bits per heavy atom. The van der Waals surface area contributed by atoms with Crippen LogP contribution in [0.25, 0.3) is 11.8 Å². The Balaban J connectivity index is 2.21. The molecule has 0 spiro atoms. The van der Waals surface area contributed by atoms with Gasteiger partial charge in [-0.15, -0.1) is 0 Å². The molecule has 0 amide bonds. The van der Waals surface area contributed by atoms with Crippen LogP contribution in [0.4, 0.5) is 4.39 Å². The summed E-state index contributed by atoms with van der Waals surface area (Å²) in [5, 5.41) is 10.6. The summed E-state index contributed by atoms with van der Waals surface area (Å²) in [6.45, 7) is 1.74. The summed E-state index contributed by atoms with van der Waals surface area (Å²) in [7, 11) is 0. The molecule has 0 radical (unpaired) electrons. The van der Waals surface area contributed by atoms with Crippen LogP contribution in [0.5, 0.6) is 0 Å². The normalized spacial score (nSPS) is 15.3. The van der Waals surface area contributed by atoms with E-state index in [2.05, 4.69) is 0 Å². The Morgan fingerprint density at radius 3 is 2.40 bits per heavy atom. The lowest BCUT2D eigenvalue weighted by atomic mass is 9.84. The number of Topliss-reactive ketones (excluding diaryl/α,β-unsaturated/α-hetero) is 1. The van der Waals surface area contributed by atoms with Crippen LogP contribution < -0.4 is 0 Å². The van der Waals surface area contributed by atoms with Crippen LogP contribution in [0.2, 0.25) is 0 Å². The first kappa shape index (κ1) is 16.6. The van der Waals surface area contributed by atoms with Crippen molar-refractivity contribution in [3.63, 3.8) is 0 Å². The van der Waals surface area contributed by atoms with Gasteiger partial charge in [0.15, 0.2) is 5.78 Å². The average molecular weight is 338 g/mol. The standard InChI is InChI=1S/C20H15FO4/c1-2-25-20(24)17-16(11-12-7-9-13(21)10-8-12)18(22)14-5-3-4-6-15(14)19(17)23/h3-11,23H,2H2,1H3/b16-11-. The van der Waals surface area contributed by atoms with Crippen molar-refractivity contribution in [1.29, 1.82) is 0 Å². The topological polar surface area (TPSA) is 63.6 Å². The number of hydrogen-bond acceptors (Lipinski definition) is 4. The Labute approximate surface area is 143 Å². The van der Waals surface area contributed by atoms with Crippen LogP contribution in [0.15, 0.2) is 59.7 Å². The predicted molar refractivity (Wildman–Crippen MR) is 91.3 cm³/mol. The highest BCUT2D eigenvalue weighted by molar-refractivity contribution is 6.26. The second-order valence-corrected chi connectivity index (χ2v) is 5.43. The number of carbonyl (C=O) groups is 2. The average Bonchev–Trinajstić information content (AvgIpc) is 2.61. The third-order valence-corrected chi connectivity index (χ3v) is 3.84. The van der Waals surface area contributed by atoms with Gasteiger partial charge in [-0.05, 0) is 30.7 Å². The summed E-state index contributed by atoms with van der Waals surface area (Å²) in [4.78, 5) is 25.2. The van der Waals surface area contributed by atoms with Gasteiger partial charge in [0.05, 0.1) is 6.61 Å². The van der Waals surface area contributed by atoms with Crippen molar-refractivity contribution in [2.75, 3.05) is 6.61 Å². The van der Waals surface area contributed by atoms with Gasteiger partial charge >= 0.3 is 5.97 Å². The number of hydrogen-bond donors (Lipinski definition) is 1. The molecule has 2 aromatic rings. The zero-order valence-electron chi connectivity index (χ0n) is 13.5. The number of ether oxygens (including phenoxy) is 1. The third kappa shape index (κ3) is 3.08. The fraction of sp³-hybridized carbons (Fsp3) is 0.100. The molecule has 0 unspecified atom stereocenters. The van der Waals surface area contributed by atoms with Gasteiger partial charge in [-0.1, -0.05) is 36.4 Å². The third-order valence-electron chi connectivity index (χ3n) is 3.84. The Bertz CT molecular complexity index is 908. The van der Waals surface area contributed by atoms with Crippen LogP contribution in [0.1, 0.15) is 28.4 Å². The molecule has 0 bridgehead atoms. The number of aliphatic hydroxyl groups excluding tert-OH is 1. The maximum atomic E-state index is 13.1. The summed E-state index contributed by atoms with van der Waals surface area (Å²) < 4.78 is 18.1. The highest BCUT2D eigenvalue weighted by atomic mass is 19.1. The lowest BCUT2D eigenvalue weighted by molar-refractivity contribution is -0.138. The Hall–Kier alpha value is -3.21. The zero-order chi connectivity index (χ0) is 18.0. The fourth-order valence-electron chi connectivity index (χ4n) is 2.68. The van der Waals surface area contributed by atoms with Gasteiger partial charge in [-0.3, -0.25) is 4.79 Å². The molecule has 0 heterocycles. The molecule has 0 saturated carbocycles. The summed E-state index contributed by atoms with van der Waals surface area (Å²) >= 11 is 0. The minimum Gasteiger partial charge on any atom is -0.506 e. The zero-order valence-corrected chi connectivity index (χ0v) is 13.5. The number of rotatable bonds is 3. The van der Waals surface area contributed by atoms with E-state index in [9.17, 15) is 19.1 Å². The van der Waals surface area contributed by atoms with E-state index in [1.54, 1.807) is 31.2 Å². The van der Waals surface area contributed by atoms with Crippen molar-refractivity contribution >= 4 is 23.6 Å². The van der Waals surface area contributed by atoms with Crippen LogP contribution in [0.3, 0.4) is 0 Å². The molecule has 4 nitrogen and oxygen atoms in total. The second-order valence-electron chi connectivity index (χ2n) is 5.43. The minimum absolute atomic E-state index is 0.0151. The lowest BCUT2D eigenvalue weighted by Crippen LogP contribution is -2.22. The molecule has 0 aromatic heterocycles. The van der Waals surface area contributed by atoms with Gasteiger partial charge in [0.1, 0.15) is 17.1 Å². The Morgan fingerprint density at radius 2 is 1.76 bits per heavy atom. The van der Waals surface area contributed by atoms with Gasteiger partial charge in [0, 0.05) is 16.7 Å². The molecule has 0 aliphatic heterocycles. The molecular formula is C20H15FO4. The molecular weight excluding hydrogens is 323 g/mol. The van der Waals surface area contributed by atoms with Gasteiger partial charge in [0.2, 0.25) is 0 Å². The molecule has 0 fully saturated rings. The van der Waals surface area contributed by atoms with Gasteiger partial charge in [0.25, 0.3) is 0 Å². The highest BCUT2D eigenvalue weighted by Crippen LogP contribution is 2.34. The van der Waals surface area contributed by atoms with Crippen LogP contribution >= 0.6 is 0 Å². The quantitative estimate of drug-likeness (QED) is 0.680. The number of carbonyl (C=O) groups excluding carboxylic acids is 2. The van der Waals surface area contributed by atoms with Crippen molar-refractivity contribution in [3.05, 3.63) is 82.2 Å². The number of esters is 1. The van der Waals surface area contributed by atoms with Crippen molar-refractivity contribution in [3.8, 4) is 0 Å². The molecule has 2 aromatic carbocycles. The first-order valence-corrected chi connectivity index (χ1v) is 7.75. The molecule has 0 atom stereocenters. The predicted octanol–water partition coefficient (Wildman–Crippen LogP) is 3.94. The summed E-state index contributed by atoms with van der Waals surface area (Å²) in [6.07, 6.45) is 1.44. The first-order valence-electron chi connectivity index (χ1n) is 7.75. The van der Waals surface area contributed by atoms with Gasteiger partial charge < -0.3 is 9.84 Å². The number of ketones is 1. The van der Waals surface area contributed by atoms with Crippen molar-refractivity contribution < 1.29 is 23.8 Å². The monoisotopic (exact) mass is 338 g/mol. The smallest absolute Gasteiger partial charge is 0.342 e. The molecule has 126 valence electrons. The van der Waals surface area contributed by atoms with Gasteiger partial charge in [-0.2, -0.15) is 0 Å². The van der Waals surface area contributed by atoms with Gasteiger partial charge in [-0.25, -0.2) is 9.18 Å². The Kier molecular flexibility index (Phi) is 4.48. The van der Waals surface area contributed by atoms with E-state index < -0.39 is 17.6 Å². The number of halogens is 1. The SMILES string of the molecule is CCOC(=O)C1=C(O)c2ccccc2C(=O)/C1=C\c1ccc(F)cc1. The van der Waals surface area contributed by atoms with Crippen LogP contribution in [0, 0.1) is 5.82 Å². The van der Waals surface area contributed by atoms with E-state index in [-0.39, 0.29) is 29.1 Å². The van der Waals surface area contributed by atoms with E-state index in [1.807, 2.05) is 0 Å². The van der Waals surface area contributed by atoms with E-state index in [0.29, 0.717) is 11.1 Å². The maximum Gasteiger partial charge on any atom is 0.342 e. The molecule has 25 heavy (non-hydrogen) atoms. The molecule has 5 heteroatoms. The summed E-state index contributed by atoms with van der Waals surface area (Å²) in [5.74, 6) is -1.90. The molecule has 1 aliphatic carbocycles. The minimum atomic E-state index is -0.781. The molecule has 1 aliphatic rings. The molecule has 1 N–H and O–H groups in total. The summed E-state index contributed by atoms with van der Waals surface area (Å²) in [5.41, 5.74) is 0.933. The highest BCUT2D eigenvalue weighted by Gasteiger charge is 2.34. The maximum absolute atomic E-state index is 13.1. The summed E-state index contributed by atoms with van der Waals surface area (Å²) in [6, 6.07) is 12.0. The number of fused-ring (bicyclic) bond motifs is 1. The van der Waals surface area contributed by atoms with E-state index >= 15 is 0 Å². The van der Waals surface area contributed by atoms with Crippen molar-refractivity contribution in [1.82, 2.24) is 0 Å². The molecule has 3 rings (SSSR count).